The van der Waals surface area contributed by atoms with Crippen LogP contribution in [-0.4, -0.2) is 32.2 Å². The average Bonchev–Trinajstić information content (AvgIpc) is 2.57. The number of amides is 1. The van der Waals surface area contributed by atoms with Crippen LogP contribution in [0.3, 0.4) is 0 Å². The first-order chi connectivity index (χ1) is 11.7. The second-order valence-electron chi connectivity index (χ2n) is 6.13. The summed E-state index contributed by atoms with van der Waals surface area (Å²) in [7, 11) is -2.30. The third-order valence-corrected chi connectivity index (χ3v) is 5.99. The lowest BCUT2D eigenvalue weighted by Crippen LogP contribution is -2.35. The molecule has 6 heteroatoms. The van der Waals surface area contributed by atoms with Crippen molar-refractivity contribution < 1.29 is 13.2 Å². The van der Waals surface area contributed by atoms with Gasteiger partial charge in [-0.3, -0.25) is 4.79 Å². The Morgan fingerprint density at radius 2 is 1.72 bits per heavy atom. The normalized spacial score (nSPS) is 11.6. The minimum absolute atomic E-state index is 0.232. The Kier molecular flexibility index (Phi) is 5.98. The first kappa shape index (κ1) is 19.1. The number of hydrogen-bond acceptors (Lipinski definition) is 3. The Hall–Kier alpha value is -2.18. The van der Waals surface area contributed by atoms with Crippen molar-refractivity contribution in [1.29, 1.82) is 0 Å². The predicted molar refractivity (Wildman–Crippen MR) is 100 cm³/mol. The van der Waals surface area contributed by atoms with Crippen LogP contribution in [0.15, 0.2) is 47.4 Å². The van der Waals surface area contributed by atoms with Gasteiger partial charge >= 0.3 is 0 Å². The number of nitrogens with one attached hydrogen (secondary N) is 1. The lowest BCUT2D eigenvalue weighted by molar-refractivity contribution is -0.116. The molecule has 0 radical (unpaired) electrons. The molecule has 0 aliphatic heterocycles. The van der Waals surface area contributed by atoms with Crippen LogP contribution in [0.2, 0.25) is 0 Å². The topological polar surface area (TPSA) is 66.5 Å². The fourth-order valence-corrected chi connectivity index (χ4v) is 3.90. The predicted octanol–water partition coefficient (Wildman–Crippen LogP) is 3.13. The maximum absolute atomic E-state index is 12.7. The molecule has 134 valence electrons. The van der Waals surface area contributed by atoms with E-state index in [9.17, 15) is 13.2 Å². The highest BCUT2D eigenvalue weighted by molar-refractivity contribution is 7.89. The number of carbonyl (C=O) groups is 1. The van der Waals surface area contributed by atoms with Crippen molar-refractivity contribution in [3.63, 3.8) is 0 Å². The highest BCUT2D eigenvalue weighted by Crippen LogP contribution is 2.20. The highest BCUT2D eigenvalue weighted by atomic mass is 32.2. The molecule has 2 aromatic rings. The molecule has 2 aromatic carbocycles. The monoisotopic (exact) mass is 360 g/mol. The minimum atomic E-state index is -3.72. The third-order valence-electron chi connectivity index (χ3n) is 4.04. The summed E-state index contributed by atoms with van der Waals surface area (Å²) in [5, 5.41) is 2.73. The maximum atomic E-state index is 12.7. The van der Waals surface area contributed by atoms with Gasteiger partial charge in [-0.15, -0.1) is 0 Å². The molecule has 0 spiro atoms. The van der Waals surface area contributed by atoms with E-state index in [0.717, 1.165) is 16.3 Å². The molecule has 0 fully saturated rings. The number of rotatable bonds is 6. The molecule has 25 heavy (non-hydrogen) atoms. The van der Waals surface area contributed by atoms with Gasteiger partial charge in [0.1, 0.15) is 0 Å². The summed E-state index contributed by atoms with van der Waals surface area (Å²) in [6, 6.07) is 12.8. The van der Waals surface area contributed by atoms with E-state index in [1.165, 1.54) is 12.6 Å². The van der Waals surface area contributed by atoms with Crippen LogP contribution in [0.25, 0.3) is 0 Å². The molecule has 5 nitrogen and oxygen atoms in total. The van der Waals surface area contributed by atoms with E-state index < -0.39 is 10.0 Å². The maximum Gasteiger partial charge on any atom is 0.243 e. The first-order valence-corrected chi connectivity index (χ1v) is 9.60. The van der Waals surface area contributed by atoms with Crippen molar-refractivity contribution in [2.45, 2.75) is 32.1 Å². The van der Waals surface area contributed by atoms with Gasteiger partial charge in [0.25, 0.3) is 0 Å². The fraction of sp³-hybridized carbons (Fsp3) is 0.316. The molecular weight excluding hydrogens is 336 g/mol. The van der Waals surface area contributed by atoms with Crippen LogP contribution in [0, 0.1) is 13.8 Å². The van der Waals surface area contributed by atoms with Gasteiger partial charge in [0.05, 0.1) is 11.4 Å². The van der Waals surface area contributed by atoms with Crippen LogP contribution in [-0.2, 0) is 21.2 Å². The molecule has 0 saturated carbocycles. The van der Waals surface area contributed by atoms with Crippen molar-refractivity contribution >= 4 is 21.6 Å². The molecule has 0 aliphatic rings. The summed E-state index contributed by atoms with van der Waals surface area (Å²) in [5.41, 5.74) is 3.35. The molecule has 1 amide bonds. The second kappa shape index (κ2) is 7.80. The van der Waals surface area contributed by atoms with E-state index in [-0.39, 0.29) is 17.3 Å². The van der Waals surface area contributed by atoms with Crippen LogP contribution in [0.4, 0.5) is 5.69 Å². The van der Waals surface area contributed by atoms with Crippen molar-refractivity contribution in [1.82, 2.24) is 4.31 Å². The van der Waals surface area contributed by atoms with E-state index in [4.69, 9.17) is 0 Å². The second-order valence-corrected chi connectivity index (χ2v) is 8.14. The summed E-state index contributed by atoms with van der Waals surface area (Å²) in [4.78, 5) is 12.4. The Balaban J connectivity index is 2.10. The molecule has 0 aromatic heterocycles. The Labute approximate surface area is 149 Å². The number of carbonyl (C=O) groups excluding carboxylic acids is 1. The smallest absolute Gasteiger partial charge is 0.243 e. The molecule has 0 aliphatic carbocycles. The number of sulfonamides is 1. The van der Waals surface area contributed by atoms with Crippen molar-refractivity contribution in [2.75, 3.05) is 18.9 Å². The Bertz CT molecular complexity index is 859. The van der Waals surface area contributed by atoms with Crippen LogP contribution < -0.4 is 5.32 Å². The standard InChI is InChI=1S/C19H24N2O3S/c1-5-16-8-10-17(11-9-16)20-19(22)13-21(4)25(23,24)18-12-14(2)6-7-15(18)3/h6-12H,5,13H2,1-4H3,(H,20,22). The molecule has 1 N–H and O–H groups in total. The van der Waals surface area contributed by atoms with Gasteiger partial charge in [-0.1, -0.05) is 31.2 Å². The quantitative estimate of drug-likeness (QED) is 0.861. The molecule has 0 saturated heterocycles. The summed E-state index contributed by atoms with van der Waals surface area (Å²) in [6.07, 6.45) is 0.922. The SMILES string of the molecule is CCc1ccc(NC(=O)CN(C)S(=O)(=O)c2cc(C)ccc2C)cc1. The molecular formula is C19H24N2O3S. The lowest BCUT2D eigenvalue weighted by Gasteiger charge is -2.18. The number of hydrogen-bond donors (Lipinski definition) is 1. The number of benzene rings is 2. The van der Waals surface area contributed by atoms with Gasteiger partial charge in [-0.2, -0.15) is 4.31 Å². The van der Waals surface area contributed by atoms with E-state index >= 15 is 0 Å². The lowest BCUT2D eigenvalue weighted by atomic mass is 10.1. The summed E-state index contributed by atoms with van der Waals surface area (Å²) >= 11 is 0. The molecule has 0 bridgehead atoms. The van der Waals surface area contributed by atoms with Crippen molar-refractivity contribution in [3.05, 3.63) is 59.2 Å². The van der Waals surface area contributed by atoms with Gasteiger partial charge in [0.15, 0.2) is 0 Å². The van der Waals surface area contributed by atoms with Gasteiger partial charge in [0, 0.05) is 12.7 Å². The summed E-state index contributed by atoms with van der Waals surface area (Å²) < 4.78 is 26.5. The first-order valence-electron chi connectivity index (χ1n) is 8.16. The molecule has 0 heterocycles. The molecule has 2 rings (SSSR count). The van der Waals surface area contributed by atoms with Crippen molar-refractivity contribution in [3.8, 4) is 0 Å². The zero-order chi connectivity index (χ0) is 18.6. The van der Waals surface area contributed by atoms with E-state index in [0.29, 0.717) is 11.3 Å². The van der Waals surface area contributed by atoms with Gasteiger partial charge in [-0.05, 0) is 55.2 Å². The number of aryl methyl sites for hydroxylation is 3. The summed E-state index contributed by atoms with van der Waals surface area (Å²) in [5.74, 6) is -0.374. The summed E-state index contributed by atoms with van der Waals surface area (Å²) in [6.45, 7) is 5.40. The zero-order valence-corrected chi connectivity index (χ0v) is 15.9. The average molecular weight is 360 g/mol. The molecule has 0 unspecified atom stereocenters. The minimum Gasteiger partial charge on any atom is -0.325 e. The van der Waals surface area contributed by atoms with Gasteiger partial charge in [-0.25, -0.2) is 8.42 Å². The van der Waals surface area contributed by atoms with Crippen LogP contribution in [0.5, 0.6) is 0 Å². The van der Waals surface area contributed by atoms with E-state index in [1.807, 2.05) is 37.3 Å². The van der Waals surface area contributed by atoms with E-state index in [2.05, 4.69) is 12.2 Å². The fourth-order valence-electron chi connectivity index (χ4n) is 2.46. The third kappa shape index (κ3) is 4.67. The van der Waals surface area contributed by atoms with Gasteiger partial charge in [0.2, 0.25) is 15.9 Å². The van der Waals surface area contributed by atoms with Crippen LogP contribution >= 0.6 is 0 Å². The largest absolute Gasteiger partial charge is 0.325 e. The molecule has 0 atom stereocenters. The Morgan fingerprint density at radius 3 is 2.32 bits per heavy atom. The zero-order valence-electron chi connectivity index (χ0n) is 15.0. The number of anilines is 1. The number of likely N-dealkylation sites (N-methyl/N-ethyl adjacent to an activating group) is 1. The van der Waals surface area contributed by atoms with Gasteiger partial charge < -0.3 is 5.32 Å². The number of nitrogens with zero attached hydrogens (tertiary/aromatic N) is 1. The van der Waals surface area contributed by atoms with Crippen molar-refractivity contribution in [2.24, 2.45) is 0 Å². The Morgan fingerprint density at radius 1 is 1.08 bits per heavy atom. The highest BCUT2D eigenvalue weighted by Gasteiger charge is 2.24. The van der Waals surface area contributed by atoms with E-state index in [1.54, 1.807) is 19.1 Å². The van der Waals surface area contributed by atoms with Crippen LogP contribution in [0.1, 0.15) is 23.6 Å².